The Labute approximate surface area is 127 Å². The van der Waals surface area contributed by atoms with Crippen LogP contribution in [0.25, 0.3) is 0 Å². The van der Waals surface area contributed by atoms with Crippen molar-refractivity contribution < 1.29 is 8.42 Å². The van der Waals surface area contributed by atoms with Gasteiger partial charge < -0.3 is 5.73 Å². The first kappa shape index (κ1) is 16.5. The van der Waals surface area contributed by atoms with Gasteiger partial charge in [0.25, 0.3) is 0 Å². The van der Waals surface area contributed by atoms with Crippen LogP contribution in [0.15, 0.2) is 4.90 Å². The van der Waals surface area contributed by atoms with E-state index in [9.17, 15) is 8.42 Å². The molecule has 1 aromatic heterocycles. The van der Waals surface area contributed by atoms with Crippen molar-refractivity contribution in [1.29, 1.82) is 0 Å². The lowest BCUT2D eigenvalue weighted by Crippen LogP contribution is -2.30. The summed E-state index contributed by atoms with van der Waals surface area (Å²) in [5, 5.41) is 4.33. The molecule has 1 saturated carbocycles. The molecule has 1 aromatic rings. The van der Waals surface area contributed by atoms with Crippen LogP contribution in [-0.2, 0) is 16.6 Å². The molecule has 0 aliphatic heterocycles. The van der Waals surface area contributed by atoms with E-state index in [0.29, 0.717) is 47.8 Å². The third-order valence-corrected chi connectivity index (χ3v) is 5.85. The van der Waals surface area contributed by atoms with Gasteiger partial charge in [0.05, 0.1) is 11.4 Å². The number of hydrogen-bond acceptors (Lipinski definition) is 4. The number of nitrogens with zero attached hydrogens (tertiary/aromatic N) is 2. The molecular weight excluding hydrogens is 288 g/mol. The number of nitrogens with one attached hydrogen (secondary N) is 1. The predicted octanol–water partition coefficient (Wildman–Crippen LogP) is 1.17. The average Bonchev–Trinajstić information content (AvgIpc) is 3.21. The summed E-state index contributed by atoms with van der Waals surface area (Å²) >= 11 is 0. The van der Waals surface area contributed by atoms with Gasteiger partial charge in [-0.2, -0.15) is 5.10 Å². The van der Waals surface area contributed by atoms with E-state index < -0.39 is 10.0 Å². The highest BCUT2D eigenvalue weighted by atomic mass is 32.2. The van der Waals surface area contributed by atoms with Crippen LogP contribution < -0.4 is 10.5 Å². The van der Waals surface area contributed by atoms with Crippen LogP contribution in [0.3, 0.4) is 0 Å². The molecule has 0 spiro atoms. The first-order valence-electron chi connectivity index (χ1n) is 7.60. The zero-order valence-electron chi connectivity index (χ0n) is 13.1. The van der Waals surface area contributed by atoms with E-state index in [4.69, 9.17) is 5.73 Å². The summed E-state index contributed by atoms with van der Waals surface area (Å²) in [6.07, 6.45) is 3.23. The van der Waals surface area contributed by atoms with Crippen LogP contribution in [0, 0.1) is 25.7 Å². The number of nitrogens with two attached hydrogens (primary N) is 1. The van der Waals surface area contributed by atoms with Crippen molar-refractivity contribution in [1.82, 2.24) is 14.5 Å². The zero-order chi connectivity index (χ0) is 15.6. The molecule has 6 nitrogen and oxygen atoms in total. The molecule has 1 aliphatic rings. The van der Waals surface area contributed by atoms with Gasteiger partial charge in [-0.3, -0.25) is 4.68 Å². The first-order valence-corrected chi connectivity index (χ1v) is 9.09. The Morgan fingerprint density at radius 1 is 1.43 bits per heavy atom. The Balaban J connectivity index is 2.12. The second kappa shape index (κ2) is 6.46. The van der Waals surface area contributed by atoms with Gasteiger partial charge in [-0.25, -0.2) is 13.1 Å². The number of aromatic nitrogens is 2. The van der Waals surface area contributed by atoms with Gasteiger partial charge in [0.2, 0.25) is 10.0 Å². The molecule has 0 bridgehead atoms. The molecule has 0 aromatic carbocycles. The SMILES string of the molecule is Cc1nn(CCCN)c(C)c1S(=O)(=O)NCC(C)C1CC1. The zero-order valence-corrected chi connectivity index (χ0v) is 13.9. The van der Waals surface area contributed by atoms with Crippen molar-refractivity contribution in [2.45, 2.75) is 51.5 Å². The third kappa shape index (κ3) is 3.84. The highest BCUT2D eigenvalue weighted by Crippen LogP contribution is 2.36. The van der Waals surface area contributed by atoms with E-state index in [0.717, 1.165) is 6.42 Å². The molecule has 7 heteroatoms. The second-order valence-electron chi connectivity index (χ2n) is 6.03. The van der Waals surface area contributed by atoms with Crippen LogP contribution in [-0.4, -0.2) is 31.3 Å². The molecule has 1 aliphatic carbocycles. The largest absolute Gasteiger partial charge is 0.330 e. The van der Waals surface area contributed by atoms with Crippen molar-refractivity contribution in [3.05, 3.63) is 11.4 Å². The van der Waals surface area contributed by atoms with Crippen LogP contribution in [0.2, 0.25) is 0 Å². The molecule has 1 fully saturated rings. The summed E-state index contributed by atoms with van der Waals surface area (Å²) in [5.41, 5.74) is 6.74. The Hall–Kier alpha value is -0.920. The highest BCUT2D eigenvalue weighted by molar-refractivity contribution is 7.89. The highest BCUT2D eigenvalue weighted by Gasteiger charge is 2.30. The maximum absolute atomic E-state index is 12.5. The van der Waals surface area contributed by atoms with E-state index in [-0.39, 0.29) is 0 Å². The van der Waals surface area contributed by atoms with Gasteiger partial charge in [0, 0.05) is 13.1 Å². The summed E-state index contributed by atoms with van der Waals surface area (Å²) < 4.78 is 29.5. The molecule has 0 amide bonds. The summed E-state index contributed by atoms with van der Waals surface area (Å²) in [7, 11) is -3.49. The number of sulfonamides is 1. The van der Waals surface area contributed by atoms with Crippen LogP contribution in [0.1, 0.15) is 37.6 Å². The summed E-state index contributed by atoms with van der Waals surface area (Å²) in [4.78, 5) is 0.322. The summed E-state index contributed by atoms with van der Waals surface area (Å²) in [6, 6.07) is 0. The second-order valence-corrected chi connectivity index (χ2v) is 7.74. The maximum atomic E-state index is 12.5. The van der Waals surface area contributed by atoms with E-state index in [1.807, 2.05) is 0 Å². The molecule has 1 unspecified atom stereocenters. The Morgan fingerprint density at radius 2 is 2.10 bits per heavy atom. The minimum Gasteiger partial charge on any atom is -0.330 e. The van der Waals surface area contributed by atoms with Gasteiger partial charge >= 0.3 is 0 Å². The summed E-state index contributed by atoms with van der Waals surface area (Å²) in [6.45, 7) is 7.36. The van der Waals surface area contributed by atoms with Gasteiger partial charge in [-0.05, 0) is 51.5 Å². The minimum atomic E-state index is -3.49. The molecule has 21 heavy (non-hydrogen) atoms. The molecular formula is C14H26N4O2S. The third-order valence-electron chi connectivity index (χ3n) is 4.18. The molecule has 0 saturated heterocycles. The van der Waals surface area contributed by atoms with E-state index >= 15 is 0 Å². The number of hydrogen-bond donors (Lipinski definition) is 2. The van der Waals surface area contributed by atoms with Gasteiger partial charge in [0.1, 0.15) is 4.90 Å². The van der Waals surface area contributed by atoms with Crippen molar-refractivity contribution in [2.24, 2.45) is 17.6 Å². The van der Waals surface area contributed by atoms with Crippen molar-refractivity contribution >= 4 is 10.0 Å². The molecule has 1 heterocycles. The first-order chi connectivity index (χ1) is 9.86. The topological polar surface area (TPSA) is 90.0 Å². The average molecular weight is 314 g/mol. The monoisotopic (exact) mass is 314 g/mol. The minimum absolute atomic E-state index is 0.322. The Bertz CT molecular complexity index is 590. The molecule has 1 atom stereocenters. The van der Waals surface area contributed by atoms with Crippen molar-refractivity contribution in [3.63, 3.8) is 0 Å². The fourth-order valence-electron chi connectivity index (χ4n) is 2.67. The number of rotatable bonds is 8. The van der Waals surface area contributed by atoms with Crippen molar-refractivity contribution in [3.8, 4) is 0 Å². The van der Waals surface area contributed by atoms with Crippen LogP contribution in [0.4, 0.5) is 0 Å². The van der Waals surface area contributed by atoms with E-state index in [1.165, 1.54) is 12.8 Å². The fourth-order valence-corrected chi connectivity index (χ4v) is 4.22. The lowest BCUT2D eigenvalue weighted by Gasteiger charge is -2.12. The smallest absolute Gasteiger partial charge is 0.244 e. The summed E-state index contributed by atoms with van der Waals surface area (Å²) in [5.74, 6) is 1.08. The normalized spacial score (nSPS) is 17.1. The standard InChI is InChI=1S/C14H26N4O2S/c1-10(13-5-6-13)9-16-21(19,20)14-11(2)17-18(12(14)3)8-4-7-15/h10,13,16H,4-9,15H2,1-3H3. The molecule has 120 valence electrons. The maximum Gasteiger partial charge on any atom is 0.244 e. The fraction of sp³-hybridized carbons (Fsp3) is 0.786. The van der Waals surface area contributed by atoms with Gasteiger partial charge in [0.15, 0.2) is 0 Å². The molecule has 3 N–H and O–H groups in total. The lowest BCUT2D eigenvalue weighted by atomic mass is 10.1. The van der Waals surface area contributed by atoms with E-state index in [1.54, 1.807) is 18.5 Å². The van der Waals surface area contributed by atoms with Crippen LogP contribution >= 0.6 is 0 Å². The predicted molar refractivity (Wildman–Crippen MR) is 82.4 cm³/mol. The quantitative estimate of drug-likeness (QED) is 0.754. The Kier molecular flexibility index (Phi) is 5.06. The Morgan fingerprint density at radius 3 is 2.67 bits per heavy atom. The van der Waals surface area contributed by atoms with Gasteiger partial charge in [-0.1, -0.05) is 6.92 Å². The molecule has 0 radical (unpaired) electrons. The number of aryl methyl sites for hydroxylation is 2. The van der Waals surface area contributed by atoms with Crippen molar-refractivity contribution in [2.75, 3.05) is 13.1 Å². The van der Waals surface area contributed by atoms with Crippen LogP contribution in [0.5, 0.6) is 0 Å². The van der Waals surface area contributed by atoms with E-state index in [2.05, 4.69) is 16.7 Å². The molecule has 2 rings (SSSR count). The lowest BCUT2D eigenvalue weighted by molar-refractivity contribution is 0.491. The van der Waals surface area contributed by atoms with Gasteiger partial charge in [-0.15, -0.1) is 0 Å².